The normalized spacial score (nSPS) is 20.0. The van der Waals surface area contributed by atoms with Crippen LogP contribution in [0.1, 0.15) is 23.1 Å². The van der Waals surface area contributed by atoms with Gasteiger partial charge in [-0.15, -0.1) is 11.3 Å². The number of amides is 2. The number of thiophene rings is 1. The number of carbonyl (C=O) groups is 2. The van der Waals surface area contributed by atoms with Crippen LogP contribution in [0.4, 0.5) is 13.2 Å². The molecule has 0 radical (unpaired) electrons. The lowest BCUT2D eigenvalue weighted by Gasteiger charge is -2.19. The molecule has 0 spiro atoms. The summed E-state index contributed by atoms with van der Waals surface area (Å²) in [5, 5.41) is 2.79. The van der Waals surface area contributed by atoms with Gasteiger partial charge < -0.3 is 10.2 Å². The van der Waals surface area contributed by atoms with E-state index in [0.717, 1.165) is 4.88 Å². The highest BCUT2D eigenvalue weighted by Gasteiger charge is 2.40. The third-order valence-electron chi connectivity index (χ3n) is 3.65. The molecule has 1 aliphatic rings. The summed E-state index contributed by atoms with van der Waals surface area (Å²) in [6.45, 7) is 2.38. The molecule has 4 nitrogen and oxygen atoms in total. The first kappa shape index (κ1) is 17.8. The molecule has 1 N–H and O–H groups in total. The van der Waals surface area contributed by atoms with Gasteiger partial charge in [0.25, 0.3) is 0 Å². The maximum atomic E-state index is 12.4. The van der Waals surface area contributed by atoms with E-state index < -0.39 is 24.5 Å². The Kier molecular flexibility index (Phi) is 5.33. The summed E-state index contributed by atoms with van der Waals surface area (Å²) in [6, 6.07) is 3.86. The quantitative estimate of drug-likeness (QED) is 0.889. The average molecular weight is 348 g/mol. The monoisotopic (exact) mass is 348 g/mol. The van der Waals surface area contributed by atoms with Crippen LogP contribution >= 0.6 is 11.3 Å². The van der Waals surface area contributed by atoms with E-state index in [2.05, 4.69) is 5.32 Å². The lowest BCUT2D eigenvalue weighted by atomic mass is 10.1. The molecule has 0 aromatic carbocycles. The summed E-state index contributed by atoms with van der Waals surface area (Å²) in [5.74, 6) is -1.69. The van der Waals surface area contributed by atoms with Crippen molar-refractivity contribution in [2.75, 3.05) is 13.1 Å². The van der Waals surface area contributed by atoms with E-state index >= 15 is 0 Å². The van der Waals surface area contributed by atoms with Crippen LogP contribution in [-0.4, -0.2) is 42.0 Å². The molecule has 2 rings (SSSR count). The van der Waals surface area contributed by atoms with Crippen molar-refractivity contribution in [2.24, 2.45) is 5.92 Å². The van der Waals surface area contributed by atoms with Gasteiger partial charge in [0.1, 0.15) is 6.54 Å². The number of carbonyl (C=O) groups excluding carboxylic acids is 2. The standard InChI is InChI=1S/C15H19F3N2O2S/c1-9(5-12-4-3-10(2)23-12)19-14(22)11-6-13(21)20(7-11)8-15(16,17)18/h3-4,9,11H,5-8H2,1-2H3,(H,19,22)/t9-,11-/m0/s1. The molecule has 8 heteroatoms. The first-order chi connectivity index (χ1) is 10.6. The summed E-state index contributed by atoms with van der Waals surface area (Å²) in [5.41, 5.74) is 0. The third kappa shape index (κ3) is 5.23. The van der Waals surface area contributed by atoms with Crippen molar-refractivity contribution in [2.45, 2.75) is 38.9 Å². The zero-order valence-corrected chi connectivity index (χ0v) is 13.8. The fraction of sp³-hybridized carbons (Fsp3) is 0.600. The molecule has 1 aromatic rings. The first-order valence-electron chi connectivity index (χ1n) is 7.34. The second-order valence-electron chi connectivity index (χ2n) is 5.92. The number of hydrogen-bond donors (Lipinski definition) is 1. The minimum absolute atomic E-state index is 0.132. The topological polar surface area (TPSA) is 49.4 Å². The van der Waals surface area contributed by atoms with Crippen molar-refractivity contribution in [3.8, 4) is 0 Å². The molecule has 2 amide bonds. The molecule has 1 aliphatic heterocycles. The maximum absolute atomic E-state index is 12.4. The van der Waals surface area contributed by atoms with Gasteiger partial charge in [-0.3, -0.25) is 9.59 Å². The Hall–Kier alpha value is -1.57. The van der Waals surface area contributed by atoms with Gasteiger partial charge in [0.2, 0.25) is 11.8 Å². The van der Waals surface area contributed by atoms with E-state index in [1.807, 2.05) is 26.0 Å². The Bertz CT molecular complexity index is 586. The van der Waals surface area contributed by atoms with Gasteiger partial charge >= 0.3 is 6.18 Å². The van der Waals surface area contributed by atoms with Gasteiger partial charge in [-0.05, 0) is 26.0 Å². The van der Waals surface area contributed by atoms with Gasteiger partial charge in [0.05, 0.1) is 5.92 Å². The summed E-state index contributed by atoms with van der Waals surface area (Å²) in [7, 11) is 0. The smallest absolute Gasteiger partial charge is 0.353 e. The average Bonchev–Trinajstić information content (AvgIpc) is 2.95. The Balaban J connectivity index is 1.85. The lowest BCUT2D eigenvalue weighted by Crippen LogP contribution is -2.40. The van der Waals surface area contributed by atoms with Crippen molar-refractivity contribution in [3.63, 3.8) is 0 Å². The number of alkyl halides is 3. The highest BCUT2D eigenvalue weighted by atomic mass is 32.1. The minimum atomic E-state index is -4.44. The van der Waals surface area contributed by atoms with Gasteiger partial charge in [-0.2, -0.15) is 13.2 Å². The molecule has 2 atom stereocenters. The molecule has 0 unspecified atom stereocenters. The van der Waals surface area contributed by atoms with Crippen LogP contribution in [0.2, 0.25) is 0 Å². The minimum Gasteiger partial charge on any atom is -0.353 e. The zero-order valence-electron chi connectivity index (χ0n) is 12.9. The van der Waals surface area contributed by atoms with Crippen LogP contribution in [0.5, 0.6) is 0 Å². The van der Waals surface area contributed by atoms with E-state index in [1.165, 1.54) is 4.88 Å². The van der Waals surface area contributed by atoms with Crippen molar-refractivity contribution in [1.29, 1.82) is 0 Å². The second kappa shape index (κ2) is 6.90. The number of nitrogens with one attached hydrogen (secondary N) is 1. The number of likely N-dealkylation sites (tertiary alicyclic amines) is 1. The molecule has 2 heterocycles. The Morgan fingerprint density at radius 2 is 2.17 bits per heavy atom. The largest absolute Gasteiger partial charge is 0.406 e. The number of aryl methyl sites for hydroxylation is 1. The first-order valence-corrected chi connectivity index (χ1v) is 8.16. The molecule has 23 heavy (non-hydrogen) atoms. The van der Waals surface area contributed by atoms with Crippen LogP contribution < -0.4 is 5.32 Å². The van der Waals surface area contributed by atoms with Gasteiger partial charge in [-0.25, -0.2) is 0 Å². The Morgan fingerprint density at radius 1 is 1.48 bits per heavy atom. The summed E-state index contributed by atoms with van der Waals surface area (Å²) < 4.78 is 37.1. The third-order valence-corrected chi connectivity index (χ3v) is 4.67. The van der Waals surface area contributed by atoms with Crippen LogP contribution in [0.15, 0.2) is 12.1 Å². The van der Waals surface area contributed by atoms with Gasteiger partial charge in [-0.1, -0.05) is 0 Å². The SMILES string of the molecule is Cc1ccc(C[C@H](C)NC(=O)[C@H]2CC(=O)N(CC(F)(F)F)C2)s1. The van der Waals surface area contributed by atoms with Crippen molar-refractivity contribution >= 4 is 23.2 Å². The van der Waals surface area contributed by atoms with Crippen molar-refractivity contribution < 1.29 is 22.8 Å². The van der Waals surface area contributed by atoms with Crippen LogP contribution in [-0.2, 0) is 16.0 Å². The van der Waals surface area contributed by atoms with E-state index in [9.17, 15) is 22.8 Å². The van der Waals surface area contributed by atoms with E-state index in [4.69, 9.17) is 0 Å². The maximum Gasteiger partial charge on any atom is 0.406 e. The predicted octanol–water partition coefficient (Wildman–Crippen LogP) is 2.51. The fourth-order valence-corrected chi connectivity index (χ4v) is 3.64. The van der Waals surface area contributed by atoms with Crippen molar-refractivity contribution in [1.82, 2.24) is 10.2 Å². The summed E-state index contributed by atoms with van der Waals surface area (Å²) >= 11 is 1.64. The van der Waals surface area contributed by atoms with Crippen LogP contribution in [0, 0.1) is 12.8 Å². The van der Waals surface area contributed by atoms with Crippen molar-refractivity contribution in [3.05, 3.63) is 21.9 Å². The Labute approximate surface area is 136 Å². The molecular weight excluding hydrogens is 329 g/mol. The van der Waals surface area contributed by atoms with E-state index in [0.29, 0.717) is 11.3 Å². The molecule has 1 fully saturated rings. The second-order valence-corrected chi connectivity index (χ2v) is 7.29. The molecule has 128 valence electrons. The highest BCUT2D eigenvalue weighted by Crippen LogP contribution is 2.24. The predicted molar refractivity (Wildman–Crippen MR) is 81.1 cm³/mol. The van der Waals surface area contributed by atoms with Gasteiger partial charge in [0.15, 0.2) is 0 Å². The van der Waals surface area contributed by atoms with E-state index in [-0.39, 0.29) is 24.9 Å². The molecule has 0 saturated carbocycles. The van der Waals surface area contributed by atoms with Crippen LogP contribution in [0.3, 0.4) is 0 Å². The zero-order chi connectivity index (χ0) is 17.2. The number of hydrogen-bond acceptors (Lipinski definition) is 3. The number of halogens is 3. The van der Waals surface area contributed by atoms with E-state index in [1.54, 1.807) is 11.3 Å². The molecule has 0 aliphatic carbocycles. The van der Waals surface area contributed by atoms with Gasteiger partial charge in [0, 0.05) is 35.2 Å². The molecule has 1 saturated heterocycles. The molecular formula is C15H19F3N2O2S. The molecule has 1 aromatic heterocycles. The summed E-state index contributed by atoms with van der Waals surface area (Å²) in [6.07, 6.45) is -3.94. The highest BCUT2D eigenvalue weighted by molar-refractivity contribution is 7.11. The molecule has 0 bridgehead atoms. The Morgan fingerprint density at radius 3 is 2.74 bits per heavy atom. The van der Waals surface area contributed by atoms with Crippen LogP contribution in [0.25, 0.3) is 0 Å². The number of rotatable bonds is 5. The summed E-state index contributed by atoms with van der Waals surface area (Å²) in [4.78, 5) is 26.8. The fourth-order valence-electron chi connectivity index (χ4n) is 2.63. The lowest BCUT2D eigenvalue weighted by molar-refractivity contribution is -0.157. The number of nitrogens with zero attached hydrogens (tertiary/aromatic N) is 1.